The third-order valence-electron chi connectivity index (χ3n) is 11.9. The number of rotatable bonds is 15. The van der Waals surface area contributed by atoms with Gasteiger partial charge in [-0.3, -0.25) is 4.90 Å². The van der Waals surface area contributed by atoms with Crippen molar-refractivity contribution >= 4 is 49.3 Å². The number of carbonyl (C=O) groups excluding carboxylic acids is 1. The summed E-state index contributed by atoms with van der Waals surface area (Å²) in [6, 6.07) is 46.0. The van der Waals surface area contributed by atoms with Gasteiger partial charge in [0.25, 0.3) is 16.6 Å². The van der Waals surface area contributed by atoms with Gasteiger partial charge in [0, 0.05) is 12.2 Å². The molecule has 9 heteroatoms. The van der Waals surface area contributed by atoms with E-state index in [1.165, 1.54) is 0 Å². The maximum absolute atomic E-state index is 18.6. The third-order valence-corrected chi connectivity index (χ3v) is 21.9. The number of aromatic nitrogens is 1. The second-order valence-electron chi connectivity index (χ2n) is 19.8. The zero-order chi connectivity index (χ0) is 43.9. The summed E-state index contributed by atoms with van der Waals surface area (Å²) < 4.78 is 39.1. The number of ether oxygens (including phenoxy) is 1. The first-order chi connectivity index (χ1) is 28.9. The number of benzene rings is 4. The van der Waals surface area contributed by atoms with Crippen molar-refractivity contribution in [3.63, 3.8) is 0 Å². The molecule has 1 aromatic heterocycles. The molecule has 5 aromatic rings. The quantitative estimate of drug-likeness (QED) is 0.0775. The molecule has 0 spiro atoms. The van der Waals surface area contributed by atoms with E-state index in [0.717, 1.165) is 44.8 Å². The molecule has 0 saturated heterocycles. The molecule has 0 aliphatic carbocycles. The number of nitrogens with zero attached hydrogens (tertiary/aromatic N) is 2. The molecule has 0 atom stereocenters. The molecule has 61 heavy (non-hydrogen) atoms. The Bertz CT molecular complexity index is 1980. The lowest BCUT2D eigenvalue weighted by Crippen LogP contribution is -2.69. The summed E-state index contributed by atoms with van der Waals surface area (Å²) >= 11 is 0. The number of anilines is 1. The second-order valence-corrected chi connectivity index (χ2v) is 28.4. The van der Waals surface area contributed by atoms with Crippen LogP contribution in [-0.2, 0) is 26.4 Å². The molecule has 0 saturated carbocycles. The monoisotopic (exact) mass is 858 g/mol. The predicted molar refractivity (Wildman–Crippen MR) is 255 cm³/mol. The average Bonchev–Trinajstić information content (AvgIpc) is 3.22. The number of alkyl halides is 1. The van der Waals surface area contributed by atoms with Gasteiger partial charge in [-0.05, 0) is 102 Å². The Morgan fingerprint density at radius 3 is 1.44 bits per heavy atom. The molecule has 1 aliphatic rings. The summed E-state index contributed by atoms with van der Waals surface area (Å²) in [6.07, 6.45) is 3.55. The lowest BCUT2D eigenvalue weighted by molar-refractivity contribution is 0.0194. The number of hydrogen-bond acceptors (Lipinski definition) is 5. The minimum absolute atomic E-state index is 0.111. The van der Waals surface area contributed by atoms with Crippen molar-refractivity contribution in [2.75, 3.05) is 24.7 Å². The highest BCUT2D eigenvalue weighted by Gasteiger charge is 2.54. The molecule has 6 nitrogen and oxygen atoms in total. The summed E-state index contributed by atoms with van der Waals surface area (Å²) in [5, 5.41) is 3.82. The predicted octanol–water partition coefficient (Wildman–Crippen LogP) is 10.3. The van der Waals surface area contributed by atoms with Crippen molar-refractivity contribution in [2.24, 2.45) is 0 Å². The highest BCUT2D eigenvalue weighted by molar-refractivity contribution is 7.00. The Labute approximate surface area is 367 Å². The van der Waals surface area contributed by atoms with E-state index >= 15 is 4.39 Å². The van der Waals surface area contributed by atoms with Gasteiger partial charge in [-0.2, -0.15) is 0 Å². The first kappa shape index (κ1) is 46.1. The van der Waals surface area contributed by atoms with Crippen LogP contribution in [-0.4, -0.2) is 58.7 Å². The van der Waals surface area contributed by atoms with E-state index in [1.807, 2.05) is 45.0 Å². The zero-order valence-electron chi connectivity index (χ0n) is 38.0. The molecule has 1 amide bonds. The van der Waals surface area contributed by atoms with Crippen molar-refractivity contribution in [3.05, 3.63) is 145 Å². The van der Waals surface area contributed by atoms with Gasteiger partial charge >= 0.3 is 6.09 Å². The standard InChI is InChI=1S/C52H67FN2O4Si2/c1-49(2,3)59-48(56)55-38-24-25-41-35-36-42(54-47(41)55)26-22-23-37-52(53,39-57-60(50(4,5)6,43-27-14-10-15-28-43)44-29-16-11-17-30-44)40-58-61(51(7,8)9,45-31-18-12-19-32-45)46-33-20-13-21-34-46/h10-21,27-36H,22-26,37-40H2,1-9H3. The van der Waals surface area contributed by atoms with Crippen molar-refractivity contribution in [3.8, 4) is 0 Å². The first-order valence-corrected chi connectivity index (χ1v) is 25.9. The number of pyridine rings is 1. The maximum atomic E-state index is 18.6. The van der Waals surface area contributed by atoms with Crippen LogP contribution in [0.2, 0.25) is 10.1 Å². The highest BCUT2D eigenvalue weighted by atomic mass is 28.4. The minimum atomic E-state index is -3.08. The summed E-state index contributed by atoms with van der Waals surface area (Å²) in [5.74, 6) is 0.676. The second kappa shape index (κ2) is 18.9. The van der Waals surface area contributed by atoms with Gasteiger partial charge in [0.2, 0.25) is 0 Å². The van der Waals surface area contributed by atoms with Crippen molar-refractivity contribution < 1.29 is 22.8 Å². The van der Waals surface area contributed by atoms with Crippen LogP contribution >= 0.6 is 0 Å². The topological polar surface area (TPSA) is 60.9 Å². The summed E-state index contributed by atoms with van der Waals surface area (Å²) in [4.78, 5) is 19.9. The Morgan fingerprint density at radius 2 is 1.05 bits per heavy atom. The van der Waals surface area contributed by atoms with E-state index < -0.39 is 27.9 Å². The number of fused-ring (bicyclic) bond motifs is 1. The third kappa shape index (κ3) is 10.4. The molecule has 1 aliphatic heterocycles. The van der Waals surface area contributed by atoms with Gasteiger partial charge in [0.1, 0.15) is 11.4 Å². The number of carbonyl (C=O) groups is 1. The van der Waals surface area contributed by atoms with E-state index in [2.05, 4.69) is 151 Å². The fourth-order valence-corrected chi connectivity index (χ4v) is 18.3. The van der Waals surface area contributed by atoms with Crippen LogP contribution in [0.5, 0.6) is 0 Å². The largest absolute Gasteiger partial charge is 0.443 e. The van der Waals surface area contributed by atoms with Gasteiger partial charge in [-0.15, -0.1) is 0 Å². The number of hydrogen-bond donors (Lipinski definition) is 0. The fraction of sp³-hybridized carbons (Fsp3) is 0.423. The average molecular weight is 859 g/mol. The fourth-order valence-electron chi connectivity index (χ4n) is 9.05. The summed E-state index contributed by atoms with van der Waals surface area (Å²) in [7, 11) is -6.16. The molecule has 0 radical (unpaired) electrons. The van der Waals surface area contributed by atoms with E-state index in [9.17, 15) is 4.79 Å². The summed E-state index contributed by atoms with van der Waals surface area (Å²) in [5.41, 5.74) is -0.500. The maximum Gasteiger partial charge on any atom is 0.416 e. The Balaban J connectivity index is 1.33. The molecule has 324 valence electrons. The number of amides is 1. The molecular formula is C52H67FN2O4Si2. The van der Waals surface area contributed by atoms with Crippen LogP contribution < -0.4 is 25.6 Å². The van der Waals surface area contributed by atoms with Crippen LogP contribution in [0.1, 0.15) is 99.3 Å². The Kier molecular flexibility index (Phi) is 14.3. The van der Waals surface area contributed by atoms with E-state index in [1.54, 1.807) is 4.90 Å². The van der Waals surface area contributed by atoms with Gasteiger partial charge in [0.15, 0.2) is 5.67 Å². The highest BCUT2D eigenvalue weighted by Crippen LogP contribution is 2.41. The lowest BCUT2D eigenvalue weighted by atomic mass is 9.99. The van der Waals surface area contributed by atoms with E-state index in [4.69, 9.17) is 18.6 Å². The molecule has 0 unspecified atom stereocenters. The molecule has 2 heterocycles. The first-order valence-electron chi connectivity index (χ1n) is 22.1. The molecule has 0 N–H and O–H groups in total. The van der Waals surface area contributed by atoms with Crippen LogP contribution in [0, 0.1) is 0 Å². The minimum Gasteiger partial charge on any atom is -0.443 e. The van der Waals surface area contributed by atoms with E-state index in [0.29, 0.717) is 31.6 Å². The normalized spacial score (nSPS) is 14.1. The van der Waals surface area contributed by atoms with Gasteiger partial charge in [0.05, 0.1) is 13.2 Å². The number of unbranched alkanes of at least 4 members (excludes halogenated alkanes) is 1. The SMILES string of the molecule is CC(C)(C)OC(=O)N1CCCc2ccc(CCCCC(F)(CO[Si](c3ccccc3)(c3ccccc3)C(C)(C)C)CO[Si](c3ccccc3)(c3ccccc3)C(C)(C)C)nc21. The molecule has 4 aromatic carbocycles. The van der Waals surface area contributed by atoms with Gasteiger partial charge < -0.3 is 13.6 Å². The number of halogens is 1. The molecular weight excluding hydrogens is 792 g/mol. The van der Waals surface area contributed by atoms with Gasteiger partial charge in [-0.25, -0.2) is 14.2 Å². The van der Waals surface area contributed by atoms with Crippen molar-refractivity contribution in [1.29, 1.82) is 0 Å². The lowest BCUT2D eigenvalue weighted by Gasteiger charge is -2.46. The van der Waals surface area contributed by atoms with Crippen LogP contribution in [0.25, 0.3) is 0 Å². The Morgan fingerprint density at radius 1 is 0.623 bits per heavy atom. The van der Waals surface area contributed by atoms with Gasteiger partial charge in [-0.1, -0.05) is 169 Å². The number of aryl methyl sites for hydroxylation is 2. The van der Waals surface area contributed by atoms with Crippen molar-refractivity contribution in [1.82, 2.24) is 4.98 Å². The van der Waals surface area contributed by atoms with E-state index in [-0.39, 0.29) is 35.8 Å². The van der Waals surface area contributed by atoms with Crippen LogP contribution in [0.15, 0.2) is 133 Å². The zero-order valence-corrected chi connectivity index (χ0v) is 40.0. The smallest absolute Gasteiger partial charge is 0.416 e. The molecule has 0 bridgehead atoms. The molecule has 6 rings (SSSR count). The summed E-state index contributed by atoms with van der Waals surface area (Å²) in [6.45, 7) is 19.4. The molecule has 0 fully saturated rings. The van der Waals surface area contributed by atoms with Crippen molar-refractivity contribution in [2.45, 2.75) is 122 Å². The van der Waals surface area contributed by atoms with Crippen LogP contribution in [0.4, 0.5) is 15.0 Å². The Hall–Kier alpha value is -4.42. The van der Waals surface area contributed by atoms with Crippen LogP contribution in [0.3, 0.4) is 0 Å².